The summed E-state index contributed by atoms with van der Waals surface area (Å²) in [4.78, 5) is 4.52. The largest absolute Gasteiger partial charge is 0.379 e. The van der Waals surface area contributed by atoms with Gasteiger partial charge in [0.15, 0.2) is 0 Å². The van der Waals surface area contributed by atoms with Crippen molar-refractivity contribution in [3.8, 4) is 6.07 Å². The Bertz CT molecular complexity index is 446. The minimum Gasteiger partial charge on any atom is -0.379 e. The fourth-order valence-electron chi connectivity index (χ4n) is 2.43. The molecule has 108 valence electrons. The standard InChI is InChI=1S/C16H23N3O/c1-14-3-5-15(6-4-14)16(13-17)18(2)7-8-19-9-11-20-12-10-19/h3-6,16H,7-12H2,1-2H3. The Morgan fingerprint density at radius 2 is 1.95 bits per heavy atom. The van der Waals surface area contributed by atoms with Gasteiger partial charge in [0.1, 0.15) is 6.04 Å². The molecule has 1 aliphatic rings. The van der Waals surface area contributed by atoms with Crippen LogP contribution < -0.4 is 0 Å². The van der Waals surface area contributed by atoms with E-state index in [1.54, 1.807) is 0 Å². The Morgan fingerprint density at radius 1 is 1.30 bits per heavy atom. The van der Waals surface area contributed by atoms with E-state index in [0.29, 0.717) is 0 Å². The molecule has 1 aromatic carbocycles. The maximum Gasteiger partial charge on any atom is 0.123 e. The van der Waals surface area contributed by atoms with Crippen LogP contribution in [0.4, 0.5) is 0 Å². The summed E-state index contributed by atoms with van der Waals surface area (Å²) in [5, 5.41) is 9.43. The van der Waals surface area contributed by atoms with Crippen LogP contribution in [0.5, 0.6) is 0 Å². The lowest BCUT2D eigenvalue weighted by atomic mass is 10.1. The fourth-order valence-corrected chi connectivity index (χ4v) is 2.43. The second kappa shape index (κ2) is 7.39. The molecule has 20 heavy (non-hydrogen) atoms. The molecule has 1 atom stereocenters. The summed E-state index contributed by atoms with van der Waals surface area (Å²) in [5.41, 5.74) is 2.30. The second-order valence-electron chi connectivity index (χ2n) is 5.38. The molecule has 0 N–H and O–H groups in total. The van der Waals surface area contributed by atoms with Crippen LogP contribution in [0.15, 0.2) is 24.3 Å². The number of nitrogens with zero attached hydrogens (tertiary/aromatic N) is 3. The zero-order valence-corrected chi connectivity index (χ0v) is 12.4. The van der Waals surface area contributed by atoms with Crippen molar-refractivity contribution in [2.75, 3.05) is 46.4 Å². The van der Waals surface area contributed by atoms with Crippen molar-refractivity contribution in [2.45, 2.75) is 13.0 Å². The molecule has 0 aliphatic carbocycles. The minimum atomic E-state index is -0.170. The van der Waals surface area contributed by atoms with Crippen LogP contribution in [0.1, 0.15) is 17.2 Å². The van der Waals surface area contributed by atoms with Gasteiger partial charge in [0.25, 0.3) is 0 Å². The van der Waals surface area contributed by atoms with Crippen LogP contribution >= 0.6 is 0 Å². The van der Waals surface area contributed by atoms with Gasteiger partial charge in [-0.25, -0.2) is 0 Å². The van der Waals surface area contributed by atoms with E-state index in [1.165, 1.54) is 5.56 Å². The van der Waals surface area contributed by atoms with Gasteiger partial charge in [-0.05, 0) is 19.5 Å². The van der Waals surface area contributed by atoms with Crippen molar-refractivity contribution < 1.29 is 4.74 Å². The van der Waals surface area contributed by atoms with Crippen molar-refractivity contribution in [1.82, 2.24) is 9.80 Å². The number of aryl methyl sites for hydroxylation is 1. The highest BCUT2D eigenvalue weighted by atomic mass is 16.5. The minimum absolute atomic E-state index is 0.170. The molecule has 1 aromatic rings. The van der Waals surface area contributed by atoms with Gasteiger partial charge in [0, 0.05) is 26.2 Å². The molecular formula is C16H23N3O. The van der Waals surface area contributed by atoms with E-state index in [0.717, 1.165) is 45.0 Å². The summed E-state index contributed by atoms with van der Waals surface area (Å²) >= 11 is 0. The van der Waals surface area contributed by atoms with Gasteiger partial charge in [-0.2, -0.15) is 5.26 Å². The second-order valence-corrected chi connectivity index (χ2v) is 5.38. The molecule has 0 saturated carbocycles. The Labute approximate surface area is 121 Å². The molecule has 2 rings (SSSR count). The average molecular weight is 273 g/mol. The Morgan fingerprint density at radius 3 is 2.55 bits per heavy atom. The molecular weight excluding hydrogens is 250 g/mol. The van der Waals surface area contributed by atoms with Crippen molar-refractivity contribution in [3.63, 3.8) is 0 Å². The van der Waals surface area contributed by atoms with Gasteiger partial charge >= 0.3 is 0 Å². The normalized spacial score (nSPS) is 17.9. The first kappa shape index (κ1) is 15.0. The van der Waals surface area contributed by atoms with Gasteiger partial charge in [-0.3, -0.25) is 9.80 Å². The van der Waals surface area contributed by atoms with Gasteiger partial charge in [0.2, 0.25) is 0 Å². The number of nitriles is 1. The van der Waals surface area contributed by atoms with E-state index in [-0.39, 0.29) is 6.04 Å². The molecule has 1 aliphatic heterocycles. The monoisotopic (exact) mass is 273 g/mol. The van der Waals surface area contributed by atoms with Gasteiger partial charge in [-0.1, -0.05) is 29.8 Å². The fraction of sp³-hybridized carbons (Fsp3) is 0.562. The topological polar surface area (TPSA) is 39.5 Å². The molecule has 4 nitrogen and oxygen atoms in total. The molecule has 0 spiro atoms. The first-order valence-corrected chi connectivity index (χ1v) is 7.17. The number of ether oxygens (including phenoxy) is 1. The third kappa shape index (κ3) is 4.04. The Balaban J connectivity index is 1.90. The lowest BCUT2D eigenvalue weighted by molar-refractivity contribution is 0.0335. The van der Waals surface area contributed by atoms with Crippen LogP contribution in [0.25, 0.3) is 0 Å². The van der Waals surface area contributed by atoms with E-state index in [2.05, 4.69) is 47.1 Å². The first-order valence-electron chi connectivity index (χ1n) is 7.17. The summed E-state index contributed by atoms with van der Waals surface area (Å²) in [7, 11) is 2.02. The third-order valence-corrected chi connectivity index (χ3v) is 3.83. The van der Waals surface area contributed by atoms with E-state index < -0.39 is 0 Å². The van der Waals surface area contributed by atoms with Gasteiger partial charge < -0.3 is 4.74 Å². The van der Waals surface area contributed by atoms with Crippen LogP contribution in [0.2, 0.25) is 0 Å². The zero-order valence-electron chi connectivity index (χ0n) is 12.4. The lowest BCUT2D eigenvalue weighted by Crippen LogP contribution is -2.41. The van der Waals surface area contributed by atoms with Crippen molar-refractivity contribution >= 4 is 0 Å². The molecule has 0 bridgehead atoms. The number of hydrogen-bond donors (Lipinski definition) is 0. The predicted octanol–water partition coefficient (Wildman–Crippen LogP) is 1.82. The molecule has 4 heteroatoms. The molecule has 0 amide bonds. The van der Waals surface area contributed by atoms with Crippen molar-refractivity contribution in [2.24, 2.45) is 0 Å². The molecule has 1 fully saturated rings. The number of rotatable bonds is 5. The number of hydrogen-bond acceptors (Lipinski definition) is 4. The molecule has 0 aromatic heterocycles. The molecule has 1 saturated heterocycles. The first-order chi connectivity index (χ1) is 9.70. The lowest BCUT2D eigenvalue weighted by Gasteiger charge is -2.30. The average Bonchev–Trinajstić information content (AvgIpc) is 2.49. The predicted molar refractivity (Wildman–Crippen MR) is 79.4 cm³/mol. The number of benzene rings is 1. The highest BCUT2D eigenvalue weighted by Gasteiger charge is 2.18. The van der Waals surface area contributed by atoms with Crippen LogP contribution in [0.3, 0.4) is 0 Å². The molecule has 0 radical (unpaired) electrons. The third-order valence-electron chi connectivity index (χ3n) is 3.83. The Hall–Kier alpha value is -1.41. The van der Waals surface area contributed by atoms with Crippen molar-refractivity contribution in [3.05, 3.63) is 35.4 Å². The summed E-state index contributed by atoms with van der Waals surface area (Å²) in [6.07, 6.45) is 0. The van der Waals surface area contributed by atoms with Crippen LogP contribution in [-0.4, -0.2) is 56.2 Å². The quantitative estimate of drug-likeness (QED) is 0.820. The molecule has 1 heterocycles. The van der Waals surface area contributed by atoms with Crippen molar-refractivity contribution in [1.29, 1.82) is 5.26 Å². The zero-order chi connectivity index (χ0) is 14.4. The number of likely N-dealkylation sites (N-methyl/N-ethyl adjacent to an activating group) is 1. The summed E-state index contributed by atoms with van der Waals surface area (Å²) in [6.45, 7) is 7.58. The van der Waals surface area contributed by atoms with E-state index in [4.69, 9.17) is 4.74 Å². The van der Waals surface area contributed by atoms with E-state index in [9.17, 15) is 5.26 Å². The van der Waals surface area contributed by atoms with Crippen LogP contribution in [0, 0.1) is 18.3 Å². The highest BCUT2D eigenvalue weighted by Crippen LogP contribution is 2.18. The summed E-state index contributed by atoms with van der Waals surface area (Å²) in [5.74, 6) is 0. The molecule has 1 unspecified atom stereocenters. The summed E-state index contributed by atoms with van der Waals surface area (Å²) < 4.78 is 5.35. The van der Waals surface area contributed by atoms with Gasteiger partial charge in [0.05, 0.1) is 19.3 Å². The number of morpholine rings is 1. The summed E-state index contributed by atoms with van der Waals surface area (Å²) in [6, 6.07) is 10.5. The Kier molecular flexibility index (Phi) is 5.54. The smallest absolute Gasteiger partial charge is 0.123 e. The SMILES string of the molecule is Cc1ccc(C(C#N)N(C)CCN2CCOCC2)cc1. The van der Waals surface area contributed by atoms with E-state index in [1.807, 2.05) is 7.05 Å². The maximum atomic E-state index is 9.43. The van der Waals surface area contributed by atoms with Crippen LogP contribution in [-0.2, 0) is 4.74 Å². The maximum absolute atomic E-state index is 9.43. The van der Waals surface area contributed by atoms with E-state index >= 15 is 0 Å². The highest BCUT2D eigenvalue weighted by molar-refractivity contribution is 5.27. The van der Waals surface area contributed by atoms with Gasteiger partial charge in [-0.15, -0.1) is 0 Å².